The number of nitrogens with two attached hydrogens (primary N) is 1. The van der Waals surface area contributed by atoms with Gasteiger partial charge in [-0.15, -0.1) is 32.9 Å². The third-order valence-electron chi connectivity index (χ3n) is 3.37. The van der Waals surface area contributed by atoms with Gasteiger partial charge in [-0.1, -0.05) is 43.2 Å². The van der Waals surface area contributed by atoms with E-state index >= 15 is 0 Å². The maximum Gasteiger partial charge on any atom is 0.0519 e. The van der Waals surface area contributed by atoms with E-state index in [1.54, 1.807) is 12.2 Å². The second kappa shape index (κ2) is 7.08. The van der Waals surface area contributed by atoms with Gasteiger partial charge in [-0.2, -0.15) is 0 Å². The van der Waals surface area contributed by atoms with Gasteiger partial charge >= 0.3 is 0 Å². The maximum atomic E-state index is 6.05. The van der Waals surface area contributed by atoms with Gasteiger partial charge in [-0.3, -0.25) is 0 Å². The van der Waals surface area contributed by atoms with Crippen LogP contribution in [-0.2, 0) is 0 Å². The molecular weight excluding hydrogens is 206 g/mol. The van der Waals surface area contributed by atoms with Gasteiger partial charge in [0.05, 0.1) is 5.54 Å². The Morgan fingerprint density at radius 2 is 1.12 bits per heavy atom. The Kier molecular flexibility index (Phi) is 6.52. The first-order chi connectivity index (χ1) is 8.01. The van der Waals surface area contributed by atoms with Gasteiger partial charge in [0.15, 0.2) is 0 Å². The van der Waals surface area contributed by atoms with E-state index in [9.17, 15) is 0 Å². The highest BCUT2D eigenvalue weighted by Crippen LogP contribution is 2.29. The fraction of sp³-hybridized carbons (Fsp3) is 0.375. The van der Waals surface area contributed by atoms with Crippen molar-refractivity contribution in [3.05, 3.63) is 63.3 Å². The molecule has 0 saturated carbocycles. The van der Waals surface area contributed by atoms with Gasteiger partial charge in [0.2, 0.25) is 0 Å². The van der Waals surface area contributed by atoms with Crippen LogP contribution in [0.1, 0.15) is 25.7 Å². The van der Waals surface area contributed by atoms with Crippen LogP contribution in [-0.4, -0.2) is 5.54 Å². The molecule has 0 unspecified atom stereocenters. The van der Waals surface area contributed by atoms with Crippen LogP contribution in [0.2, 0.25) is 0 Å². The number of hydrogen-bond acceptors (Lipinski definition) is 1. The molecule has 0 aliphatic carbocycles. The van der Waals surface area contributed by atoms with Crippen LogP contribution in [0.25, 0.3) is 0 Å². The summed E-state index contributed by atoms with van der Waals surface area (Å²) in [5.41, 5.74) is 5.45. The van der Waals surface area contributed by atoms with Crippen molar-refractivity contribution in [2.75, 3.05) is 0 Å². The first-order valence-corrected chi connectivity index (χ1v) is 5.98. The number of allylic oxidation sites excluding steroid dienone is 3. The van der Waals surface area contributed by atoms with Gasteiger partial charge < -0.3 is 5.73 Å². The van der Waals surface area contributed by atoms with Gasteiger partial charge in [-0.05, 0) is 12.8 Å². The Morgan fingerprint density at radius 1 is 0.706 bits per heavy atom. The first kappa shape index (κ1) is 15.7. The minimum Gasteiger partial charge on any atom is -0.319 e. The van der Waals surface area contributed by atoms with Crippen LogP contribution < -0.4 is 5.73 Å². The summed E-state index contributed by atoms with van der Waals surface area (Å²) in [5.74, 6) is 0. The van der Waals surface area contributed by atoms with Crippen molar-refractivity contribution in [2.45, 2.75) is 31.2 Å². The molecule has 0 bridgehead atoms. The van der Waals surface area contributed by atoms with Crippen molar-refractivity contribution in [3.8, 4) is 0 Å². The lowest BCUT2D eigenvalue weighted by molar-refractivity contribution is 0.478. The van der Waals surface area contributed by atoms with E-state index in [1.807, 2.05) is 18.2 Å². The molecule has 0 spiro atoms. The summed E-state index contributed by atoms with van der Waals surface area (Å²) in [6, 6.07) is 0. The number of unbranched alkanes of at least 4 members (excludes halogenated alkanes) is 1. The monoisotopic (exact) mass is 231 g/mol. The molecule has 0 aromatic heterocycles. The molecule has 94 valence electrons. The molecule has 0 amide bonds. The van der Waals surface area contributed by atoms with E-state index in [-0.39, 0.29) is 5.41 Å². The van der Waals surface area contributed by atoms with E-state index in [1.165, 1.54) is 0 Å². The smallest absolute Gasteiger partial charge is 0.0519 e. The van der Waals surface area contributed by atoms with Crippen LogP contribution >= 0.6 is 0 Å². The maximum absolute atomic E-state index is 6.05. The summed E-state index contributed by atoms with van der Waals surface area (Å²) < 4.78 is 0. The summed E-state index contributed by atoms with van der Waals surface area (Å²) in [7, 11) is 0. The van der Waals surface area contributed by atoms with E-state index < -0.39 is 5.54 Å². The highest BCUT2D eigenvalue weighted by atomic mass is 14.7. The molecule has 0 radical (unpaired) electrons. The molecule has 0 aliphatic rings. The quantitative estimate of drug-likeness (QED) is 0.443. The summed E-state index contributed by atoms with van der Waals surface area (Å²) in [5, 5.41) is 0. The third kappa shape index (κ3) is 4.58. The van der Waals surface area contributed by atoms with E-state index in [2.05, 4.69) is 32.9 Å². The van der Waals surface area contributed by atoms with Crippen LogP contribution in [0.3, 0.4) is 0 Å². The zero-order valence-corrected chi connectivity index (χ0v) is 10.8. The molecule has 0 rings (SSSR count). The largest absolute Gasteiger partial charge is 0.319 e. The molecule has 0 atom stereocenters. The molecule has 1 heteroatoms. The highest BCUT2D eigenvalue weighted by molar-refractivity contribution is 5.16. The van der Waals surface area contributed by atoms with Gasteiger partial charge in [0.25, 0.3) is 0 Å². The molecule has 0 fully saturated rings. The van der Waals surface area contributed by atoms with Crippen molar-refractivity contribution in [1.29, 1.82) is 0 Å². The lowest BCUT2D eigenvalue weighted by Crippen LogP contribution is -2.34. The SMILES string of the molecule is C=CC(N)(C=C)CCCCC(C=C)(C=C)C=C. The molecule has 0 aromatic rings. The Bertz CT molecular complexity index is 269. The van der Waals surface area contributed by atoms with Crippen LogP contribution in [0.4, 0.5) is 0 Å². The number of hydrogen-bond donors (Lipinski definition) is 1. The molecule has 2 N–H and O–H groups in total. The summed E-state index contributed by atoms with van der Waals surface area (Å²) in [4.78, 5) is 0. The average Bonchev–Trinajstić information content (AvgIpc) is 2.39. The van der Waals surface area contributed by atoms with E-state index in [0.29, 0.717) is 0 Å². The normalized spacial score (nSPS) is 11.6. The minimum atomic E-state index is -0.445. The third-order valence-corrected chi connectivity index (χ3v) is 3.37. The van der Waals surface area contributed by atoms with Crippen molar-refractivity contribution in [1.82, 2.24) is 0 Å². The molecule has 0 aromatic carbocycles. The Hall–Kier alpha value is -1.34. The predicted octanol–water partition coefficient (Wildman–Crippen LogP) is 4.16. The highest BCUT2D eigenvalue weighted by Gasteiger charge is 2.19. The lowest BCUT2D eigenvalue weighted by atomic mass is 9.82. The second-order valence-electron chi connectivity index (χ2n) is 4.45. The Balaban J connectivity index is 4.20. The fourth-order valence-corrected chi connectivity index (χ4v) is 1.71. The summed E-state index contributed by atoms with van der Waals surface area (Å²) in [6.07, 6.45) is 13.1. The molecule has 0 aliphatic heterocycles. The molecule has 0 heterocycles. The van der Waals surface area contributed by atoms with Gasteiger partial charge in [0.1, 0.15) is 0 Å². The molecule has 1 nitrogen and oxygen atoms in total. The zero-order chi connectivity index (χ0) is 13.4. The van der Waals surface area contributed by atoms with Crippen molar-refractivity contribution >= 4 is 0 Å². The zero-order valence-electron chi connectivity index (χ0n) is 10.8. The number of rotatable bonds is 10. The predicted molar refractivity (Wildman–Crippen MR) is 78.8 cm³/mol. The Morgan fingerprint density at radius 3 is 1.47 bits per heavy atom. The van der Waals surface area contributed by atoms with Gasteiger partial charge in [0, 0.05) is 5.41 Å². The van der Waals surface area contributed by atoms with Crippen molar-refractivity contribution in [2.24, 2.45) is 11.1 Å². The topological polar surface area (TPSA) is 26.0 Å². The summed E-state index contributed by atoms with van der Waals surface area (Å²) in [6.45, 7) is 19.0. The molecule has 0 saturated heterocycles. The van der Waals surface area contributed by atoms with Gasteiger partial charge in [-0.25, -0.2) is 0 Å². The fourth-order valence-electron chi connectivity index (χ4n) is 1.71. The van der Waals surface area contributed by atoms with E-state index in [0.717, 1.165) is 25.7 Å². The lowest BCUT2D eigenvalue weighted by Gasteiger charge is -2.24. The van der Waals surface area contributed by atoms with Crippen LogP contribution in [0.5, 0.6) is 0 Å². The van der Waals surface area contributed by atoms with Crippen molar-refractivity contribution in [3.63, 3.8) is 0 Å². The average molecular weight is 231 g/mol. The van der Waals surface area contributed by atoms with Crippen LogP contribution in [0.15, 0.2) is 63.3 Å². The van der Waals surface area contributed by atoms with E-state index in [4.69, 9.17) is 5.73 Å². The molecule has 17 heavy (non-hydrogen) atoms. The van der Waals surface area contributed by atoms with Crippen LogP contribution in [0, 0.1) is 5.41 Å². The second-order valence-corrected chi connectivity index (χ2v) is 4.45. The molecular formula is C16H25N. The minimum absolute atomic E-state index is 0.153. The Labute approximate surface area is 106 Å². The first-order valence-electron chi connectivity index (χ1n) is 5.98. The summed E-state index contributed by atoms with van der Waals surface area (Å²) >= 11 is 0. The standard InChI is InChI=1S/C16H25N/c1-6-15(7-2,8-3)13-11-12-14-16(17,9-4)10-5/h6-10H,1-5,11-14,17H2. The van der Waals surface area contributed by atoms with Crippen molar-refractivity contribution < 1.29 is 0 Å².